The highest BCUT2D eigenvalue weighted by Gasteiger charge is 2.16. The first-order valence-electron chi connectivity index (χ1n) is 6.83. The molecule has 0 aliphatic heterocycles. The molecule has 110 valence electrons. The molecule has 1 unspecified atom stereocenters. The minimum absolute atomic E-state index is 0.0481. The molecule has 5 nitrogen and oxygen atoms in total. The number of nitrogens with one attached hydrogen (secondary N) is 1. The van der Waals surface area contributed by atoms with Gasteiger partial charge in [-0.1, -0.05) is 11.8 Å². The first kappa shape index (κ1) is 14.0. The van der Waals surface area contributed by atoms with E-state index in [9.17, 15) is 0 Å². The van der Waals surface area contributed by atoms with Gasteiger partial charge in [0.15, 0.2) is 5.16 Å². The average Bonchev–Trinajstić information content (AvgIpc) is 3.13. The van der Waals surface area contributed by atoms with Crippen LogP contribution in [0.4, 0.5) is 0 Å². The molecule has 0 saturated heterocycles. The van der Waals surface area contributed by atoms with E-state index in [-0.39, 0.29) is 5.25 Å². The summed E-state index contributed by atoms with van der Waals surface area (Å²) in [4.78, 5) is 7.86. The first-order valence-corrected chi connectivity index (χ1v) is 7.70. The van der Waals surface area contributed by atoms with Crippen molar-refractivity contribution in [2.75, 3.05) is 13.2 Å². The Bertz CT molecular complexity index is 709. The molecule has 3 N–H and O–H groups in total. The van der Waals surface area contributed by atoms with E-state index in [0.29, 0.717) is 13.2 Å². The van der Waals surface area contributed by atoms with Crippen molar-refractivity contribution in [1.82, 2.24) is 9.97 Å². The van der Waals surface area contributed by atoms with Gasteiger partial charge in [-0.05, 0) is 31.2 Å². The van der Waals surface area contributed by atoms with Gasteiger partial charge < -0.3 is 19.9 Å². The van der Waals surface area contributed by atoms with E-state index in [2.05, 4.69) is 9.97 Å². The lowest BCUT2D eigenvalue weighted by molar-refractivity contribution is 0.340. The molecule has 6 heteroatoms. The number of ether oxygens (including phenoxy) is 1. The summed E-state index contributed by atoms with van der Waals surface area (Å²) >= 11 is 1.57. The predicted molar refractivity (Wildman–Crippen MR) is 83.6 cm³/mol. The van der Waals surface area contributed by atoms with Gasteiger partial charge in [-0.25, -0.2) is 4.98 Å². The number of imidazole rings is 1. The molecule has 0 spiro atoms. The molecule has 0 amide bonds. The van der Waals surface area contributed by atoms with Gasteiger partial charge >= 0.3 is 0 Å². The van der Waals surface area contributed by atoms with Crippen molar-refractivity contribution < 1.29 is 9.15 Å². The number of nitrogens with two attached hydrogens (primary N) is 1. The largest absolute Gasteiger partial charge is 0.494 e. The second-order valence-electron chi connectivity index (χ2n) is 4.51. The van der Waals surface area contributed by atoms with Crippen molar-refractivity contribution in [3.05, 3.63) is 42.4 Å². The van der Waals surface area contributed by atoms with Crippen LogP contribution >= 0.6 is 11.8 Å². The molecule has 0 radical (unpaired) electrons. The summed E-state index contributed by atoms with van der Waals surface area (Å²) in [6.45, 7) is 3.10. The second-order valence-corrected chi connectivity index (χ2v) is 5.70. The fourth-order valence-corrected chi connectivity index (χ4v) is 3.05. The Kier molecular flexibility index (Phi) is 4.17. The maximum absolute atomic E-state index is 5.83. The maximum Gasteiger partial charge on any atom is 0.167 e. The number of rotatable bonds is 6. The van der Waals surface area contributed by atoms with E-state index >= 15 is 0 Å². The van der Waals surface area contributed by atoms with E-state index in [4.69, 9.17) is 14.9 Å². The van der Waals surface area contributed by atoms with Crippen LogP contribution in [0.3, 0.4) is 0 Å². The second kappa shape index (κ2) is 6.24. The van der Waals surface area contributed by atoms with Crippen molar-refractivity contribution in [2.24, 2.45) is 5.73 Å². The number of nitrogens with zero attached hydrogens (tertiary/aromatic N) is 1. The Labute approximate surface area is 126 Å². The van der Waals surface area contributed by atoms with Gasteiger partial charge in [0.05, 0.1) is 29.2 Å². The quantitative estimate of drug-likeness (QED) is 0.683. The molecule has 0 aliphatic carbocycles. The molecule has 3 rings (SSSR count). The summed E-state index contributed by atoms with van der Waals surface area (Å²) in [5.41, 5.74) is 7.70. The topological polar surface area (TPSA) is 77.1 Å². The van der Waals surface area contributed by atoms with E-state index in [1.165, 1.54) is 0 Å². The number of fused-ring (bicyclic) bond motifs is 1. The normalized spacial score (nSPS) is 12.7. The molecular formula is C15H17N3O2S. The summed E-state index contributed by atoms with van der Waals surface area (Å²) in [6, 6.07) is 9.63. The van der Waals surface area contributed by atoms with E-state index in [1.807, 2.05) is 37.3 Å². The van der Waals surface area contributed by atoms with Crippen LogP contribution in [0.5, 0.6) is 5.75 Å². The standard InChI is InChI=1S/C15H17N3O2S/c1-2-19-10-5-6-11-12(8-10)18-15(17-11)21-14(9-16)13-4-3-7-20-13/h3-8,14H,2,9,16H2,1H3,(H,17,18). The van der Waals surface area contributed by atoms with Gasteiger partial charge in [-0.15, -0.1) is 0 Å². The van der Waals surface area contributed by atoms with E-state index in [0.717, 1.165) is 27.7 Å². The van der Waals surface area contributed by atoms with Crippen LogP contribution in [0.2, 0.25) is 0 Å². The number of thioether (sulfide) groups is 1. The number of H-pyrrole nitrogens is 1. The number of hydrogen-bond acceptors (Lipinski definition) is 5. The Hall–Kier alpha value is -1.92. The maximum atomic E-state index is 5.83. The lowest BCUT2D eigenvalue weighted by Gasteiger charge is -2.08. The van der Waals surface area contributed by atoms with E-state index in [1.54, 1.807) is 18.0 Å². The average molecular weight is 303 g/mol. The third-order valence-corrected chi connectivity index (χ3v) is 4.20. The fourth-order valence-electron chi connectivity index (χ4n) is 2.11. The Morgan fingerprint density at radius 3 is 3.05 bits per heavy atom. The smallest absolute Gasteiger partial charge is 0.167 e. The van der Waals surface area contributed by atoms with E-state index < -0.39 is 0 Å². The highest BCUT2D eigenvalue weighted by Crippen LogP contribution is 2.34. The van der Waals surface area contributed by atoms with Gasteiger partial charge in [0.2, 0.25) is 0 Å². The molecule has 21 heavy (non-hydrogen) atoms. The molecule has 1 aromatic carbocycles. The van der Waals surface area contributed by atoms with Gasteiger partial charge in [0.25, 0.3) is 0 Å². The van der Waals surface area contributed by atoms with Gasteiger partial charge in [0.1, 0.15) is 11.5 Å². The summed E-state index contributed by atoms with van der Waals surface area (Å²) < 4.78 is 10.9. The number of aromatic nitrogens is 2. The van der Waals surface area contributed by atoms with Crippen LogP contribution in [0.25, 0.3) is 11.0 Å². The first-order chi connectivity index (χ1) is 10.3. The lowest BCUT2D eigenvalue weighted by Crippen LogP contribution is -2.08. The highest BCUT2D eigenvalue weighted by molar-refractivity contribution is 7.99. The van der Waals surface area contributed by atoms with Crippen LogP contribution in [0.15, 0.2) is 46.2 Å². The predicted octanol–water partition coefficient (Wildman–Crippen LogP) is 3.35. The molecule has 2 heterocycles. The number of aromatic amines is 1. The summed E-state index contributed by atoms with van der Waals surface area (Å²) in [5, 5.41) is 0.873. The summed E-state index contributed by atoms with van der Waals surface area (Å²) in [7, 11) is 0. The number of benzene rings is 1. The monoisotopic (exact) mass is 303 g/mol. The minimum Gasteiger partial charge on any atom is -0.494 e. The minimum atomic E-state index is 0.0481. The molecule has 1 atom stereocenters. The zero-order valence-electron chi connectivity index (χ0n) is 11.7. The molecular weight excluding hydrogens is 286 g/mol. The van der Waals surface area contributed by atoms with Gasteiger partial charge in [-0.2, -0.15) is 0 Å². The molecule has 0 aliphatic rings. The van der Waals surface area contributed by atoms with Crippen LogP contribution in [-0.2, 0) is 0 Å². The van der Waals surface area contributed by atoms with Crippen LogP contribution in [0.1, 0.15) is 17.9 Å². The zero-order chi connectivity index (χ0) is 14.7. The van der Waals surface area contributed by atoms with Crippen molar-refractivity contribution in [3.8, 4) is 5.75 Å². The van der Waals surface area contributed by atoms with Gasteiger partial charge in [0, 0.05) is 12.6 Å². The third-order valence-electron chi connectivity index (χ3n) is 3.07. The molecule has 3 aromatic rings. The molecule has 2 aromatic heterocycles. The van der Waals surface area contributed by atoms with Crippen molar-refractivity contribution in [2.45, 2.75) is 17.3 Å². The molecule has 0 saturated carbocycles. The van der Waals surface area contributed by atoms with Crippen LogP contribution < -0.4 is 10.5 Å². The van der Waals surface area contributed by atoms with Crippen LogP contribution in [-0.4, -0.2) is 23.1 Å². The van der Waals surface area contributed by atoms with Crippen molar-refractivity contribution in [3.63, 3.8) is 0 Å². The Balaban J connectivity index is 1.83. The highest BCUT2D eigenvalue weighted by atomic mass is 32.2. The van der Waals surface area contributed by atoms with Gasteiger partial charge in [-0.3, -0.25) is 0 Å². The Morgan fingerprint density at radius 2 is 2.33 bits per heavy atom. The van der Waals surface area contributed by atoms with Crippen molar-refractivity contribution >= 4 is 22.8 Å². The summed E-state index contributed by atoms with van der Waals surface area (Å²) in [6.07, 6.45) is 1.66. The molecule has 0 bridgehead atoms. The fraction of sp³-hybridized carbons (Fsp3) is 0.267. The SMILES string of the molecule is CCOc1ccc2nc(SC(CN)c3ccco3)[nH]c2c1. The number of hydrogen-bond donors (Lipinski definition) is 2. The molecule has 0 fully saturated rings. The summed E-state index contributed by atoms with van der Waals surface area (Å²) in [5.74, 6) is 1.70. The van der Waals surface area contributed by atoms with Crippen molar-refractivity contribution in [1.29, 1.82) is 0 Å². The Morgan fingerprint density at radius 1 is 1.43 bits per heavy atom. The van der Waals surface area contributed by atoms with Crippen LogP contribution in [0, 0.1) is 0 Å². The lowest BCUT2D eigenvalue weighted by atomic mass is 10.3. The number of furan rings is 1. The third kappa shape index (κ3) is 3.06. The zero-order valence-corrected chi connectivity index (χ0v) is 12.5.